The summed E-state index contributed by atoms with van der Waals surface area (Å²) in [6.07, 6.45) is 10.8. The molecule has 5 nitrogen and oxygen atoms in total. The van der Waals surface area contributed by atoms with Gasteiger partial charge in [0.25, 0.3) is 0 Å². The Morgan fingerprint density at radius 3 is 2.82 bits per heavy atom. The number of aryl methyl sites for hydroxylation is 1. The summed E-state index contributed by atoms with van der Waals surface area (Å²) in [6, 6.07) is 10.2. The second-order valence-corrected chi connectivity index (χ2v) is 7.54. The molecule has 0 saturated carbocycles. The summed E-state index contributed by atoms with van der Waals surface area (Å²) < 4.78 is 7.44. The van der Waals surface area contributed by atoms with Crippen molar-refractivity contribution in [3.8, 4) is 0 Å². The van der Waals surface area contributed by atoms with Gasteiger partial charge < -0.3 is 4.74 Å². The first-order chi connectivity index (χ1) is 13.6. The molecule has 0 spiro atoms. The molecule has 5 heteroatoms. The molecule has 1 fully saturated rings. The summed E-state index contributed by atoms with van der Waals surface area (Å²) >= 11 is 0. The molecule has 1 saturated heterocycles. The van der Waals surface area contributed by atoms with Crippen LogP contribution < -0.4 is 0 Å². The maximum atomic E-state index is 12.9. The molecule has 1 aromatic heterocycles. The Balaban J connectivity index is 1.72. The minimum absolute atomic E-state index is 0.0679. The molecule has 3 rings (SSSR count). The highest BCUT2D eigenvalue weighted by Gasteiger charge is 2.42. The van der Waals surface area contributed by atoms with Crippen LogP contribution in [0.5, 0.6) is 0 Å². The van der Waals surface area contributed by atoms with Gasteiger partial charge in [-0.2, -0.15) is 5.10 Å². The number of benzene rings is 1. The fourth-order valence-electron chi connectivity index (χ4n) is 3.97. The number of ether oxygens (including phenoxy) is 1. The van der Waals surface area contributed by atoms with Crippen molar-refractivity contribution in [3.63, 3.8) is 0 Å². The minimum atomic E-state index is -0.472. The molecule has 28 heavy (non-hydrogen) atoms. The van der Waals surface area contributed by atoms with Crippen LogP contribution in [0, 0.1) is 5.41 Å². The number of carbonyl (C=O) groups is 1. The molecule has 1 aromatic carbocycles. The highest BCUT2D eigenvalue weighted by Crippen LogP contribution is 2.36. The maximum absolute atomic E-state index is 12.9. The molecule has 0 aliphatic carbocycles. The monoisotopic (exact) mass is 381 g/mol. The predicted octanol–water partition coefficient (Wildman–Crippen LogP) is 4.15. The van der Waals surface area contributed by atoms with Crippen molar-refractivity contribution in [2.24, 2.45) is 5.41 Å². The zero-order valence-corrected chi connectivity index (χ0v) is 17.0. The Kier molecular flexibility index (Phi) is 7.04. The van der Waals surface area contributed by atoms with Crippen LogP contribution >= 0.6 is 0 Å². The number of esters is 1. The van der Waals surface area contributed by atoms with Crippen LogP contribution in [0.4, 0.5) is 0 Å². The Morgan fingerprint density at radius 1 is 1.29 bits per heavy atom. The average molecular weight is 382 g/mol. The number of hydrogen-bond donors (Lipinski definition) is 0. The zero-order chi connectivity index (χ0) is 19.8. The van der Waals surface area contributed by atoms with Gasteiger partial charge in [0.15, 0.2) is 0 Å². The quantitative estimate of drug-likeness (QED) is 0.645. The fourth-order valence-corrected chi connectivity index (χ4v) is 3.97. The van der Waals surface area contributed by atoms with Gasteiger partial charge in [-0.3, -0.25) is 14.4 Å². The highest BCUT2D eigenvalue weighted by atomic mass is 16.5. The van der Waals surface area contributed by atoms with Crippen LogP contribution in [-0.2, 0) is 22.6 Å². The lowest BCUT2D eigenvalue weighted by Gasteiger charge is -2.40. The van der Waals surface area contributed by atoms with Gasteiger partial charge in [-0.15, -0.1) is 0 Å². The molecule has 0 amide bonds. The lowest BCUT2D eigenvalue weighted by atomic mass is 9.76. The van der Waals surface area contributed by atoms with E-state index in [0.717, 1.165) is 44.6 Å². The van der Waals surface area contributed by atoms with Crippen LogP contribution in [0.25, 0.3) is 6.08 Å². The van der Waals surface area contributed by atoms with E-state index in [-0.39, 0.29) is 5.97 Å². The van der Waals surface area contributed by atoms with E-state index in [1.54, 1.807) is 0 Å². The molecule has 1 aliphatic rings. The third-order valence-electron chi connectivity index (χ3n) is 5.40. The van der Waals surface area contributed by atoms with Crippen molar-refractivity contribution in [2.75, 3.05) is 19.7 Å². The number of piperidine rings is 1. The number of likely N-dealkylation sites (tertiary alicyclic amines) is 1. The number of aromatic nitrogens is 2. The smallest absolute Gasteiger partial charge is 0.313 e. The highest BCUT2D eigenvalue weighted by molar-refractivity contribution is 5.77. The van der Waals surface area contributed by atoms with Crippen molar-refractivity contribution in [1.29, 1.82) is 0 Å². The largest absolute Gasteiger partial charge is 0.466 e. The third kappa shape index (κ3) is 5.10. The number of carbonyl (C=O) groups excluding carboxylic acids is 1. The van der Waals surface area contributed by atoms with E-state index in [0.29, 0.717) is 13.0 Å². The van der Waals surface area contributed by atoms with Crippen molar-refractivity contribution in [3.05, 3.63) is 59.9 Å². The Labute approximate surface area is 168 Å². The summed E-state index contributed by atoms with van der Waals surface area (Å²) in [7, 11) is 0. The van der Waals surface area contributed by atoms with E-state index in [9.17, 15) is 4.79 Å². The van der Waals surface area contributed by atoms with Gasteiger partial charge in [0.05, 0.1) is 18.2 Å². The Bertz CT molecular complexity index is 784. The van der Waals surface area contributed by atoms with Crippen LogP contribution in [-0.4, -0.2) is 40.3 Å². The predicted molar refractivity (Wildman–Crippen MR) is 112 cm³/mol. The molecule has 2 heterocycles. The lowest BCUT2D eigenvalue weighted by Crippen LogP contribution is -2.48. The minimum Gasteiger partial charge on any atom is -0.466 e. The molecule has 0 radical (unpaired) electrons. The van der Waals surface area contributed by atoms with Crippen molar-refractivity contribution < 1.29 is 9.53 Å². The summed E-state index contributed by atoms with van der Waals surface area (Å²) in [4.78, 5) is 15.3. The van der Waals surface area contributed by atoms with Crippen LogP contribution in [0.2, 0.25) is 0 Å². The molecule has 1 unspecified atom stereocenters. The molecule has 1 aliphatic heterocycles. The third-order valence-corrected chi connectivity index (χ3v) is 5.40. The van der Waals surface area contributed by atoms with Gasteiger partial charge in [-0.1, -0.05) is 42.5 Å². The van der Waals surface area contributed by atoms with Crippen LogP contribution in [0.3, 0.4) is 0 Å². The van der Waals surface area contributed by atoms with Gasteiger partial charge in [0.2, 0.25) is 0 Å². The number of rotatable bonds is 8. The van der Waals surface area contributed by atoms with E-state index < -0.39 is 5.41 Å². The molecule has 0 N–H and O–H groups in total. The summed E-state index contributed by atoms with van der Waals surface area (Å²) in [5, 5.41) is 4.37. The fraction of sp³-hybridized carbons (Fsp3) is 0.478. The Morgan fingerprint density at radius 2 is 2.11 bits per heavy atom. The van der Waals surface area contributed by atoms with Crippen LogP contribution in [0.1, 0.15) is 44.2 Å². The van der Waals surface area contributed by atoms with Gasteiger partial charge in [-0.25, -0.2) is 0 Å². The molecule has 0 bridgehead atoms. The Hall–Kier alpha value is -2.40. The standard InChI is InChI=1S/C23H31N3O2/c1-3-26-18-21(16-24-26)17-25-15-9-14-23(19-25,22(27)28-4-2)13-8-12-20-10-6-5-7-11-20/h5-8,10-12,16,18H,3-4,9,13-15,17,19H2,1-2H3. The lowest BCUT2D eigenvalue weighted by molar-refractivity contribution is -0.159. The molecule has 1 atom stereocenters. The van der Waals surface area contributed by atoms with Gasteiger partial charge in [0.1, 0.15) is 0 Å². The normalized spacial score (nSPS) is 20.5. The molecule has 150 valence electrons. The topological polar surface area (TPSA) is 47.4 Å². The van der Waals surface area contributed by atoms with Crippen molar-refractivity contribution in [1.82, 2.24) is 14.7 Å². The number of nitrogens with zero attached hydrogens (tertiary/aromatic N) is 3. The van der Waals surface area contributed by atoms with E-state index in [1.165, 1.54) is 5.56 Å². The number of allylic oxidation sites excluding steroid dienone is 1. The van der Waals surface area contributed by atoms with Crippen molar-refractivity contribution in [2.45, 2.75) is 46.2 Å². The van der Waals surface area contributed by atoms with Crippen LogP contribution in [0.15, 0.2) is 48.8 Å². The second-order valence-electron chi connectivity index (χ2n) is 7.54. The molecule has 2 aromatic rings. The maximum Gasteiger partial charge on any atom is 0.313 e. The van der Waals surface area contributed by atoms with E-state index in [4.69, 9.17) is 4.74 Å². The molecular weight excluding hydrogens is 350 g/mol. The van der Waals surface area contributed by atoms with E-state index in [1.807, 2.05) is 36.0 Å². The van der Waals surface area contributed by atoms with Gasteiger partial charge in [-0.05, 0) is 45.2 Å². The van der Waals surface area contributed by atoms with Gasteiger partial charge in [0, 0.05) is 31.4 Å². The number of hydrogen-bond acceptors (Lipinski definition) is 4. The first-order valence-electron chi connectivity index (χ1n) is 10.3. The average Bonchev–Trinajstić information content (AvgIpc) is 3.17. The first kappa shape index (κ1) is 20.3. The first-order valence-corrected chi connectivity index (χ1v) is 10.3. The SMILES string of the molecule is CCOC(=O)C1(CC=Cc2ccccc2)CCCN(Cc2cnn(CC)c2)C1. The zero-order valence-electron chi connectivity index (χ0n) is 17.0. The summed E-state index contributed by atoms with van der Waals surface area (Å²) in [5.41, 5.74) is 1.88. The summed E-state index contributed by atoms with van der Waals surface area (Å²) in [5.74, 6) is -0.0679. The molecular formula is C23H31N3O2. The van der Waals surface area contributed by atoms with E-state index in [2.05, 4.69) is 47.4 Å². The van der Waals surface area contributed by atoms with Gasteiger partial charge >= 0.3 is 5.97 Å². The second kappa shape index (κ2) is 9.69. The summed E-state index contributed by atoms with van der Waals surface area (Å²) in [6.45, 7) is 7.81. The van der Waals surface area contributed by atoms with Crippen molar-refractivity contribution >= 4 is 12.0 Å². The van der Waals surface area contributed by atoms with E-state index >= 15 is 0 Å².